The molecule has 0 radical (unpaired) electrons. The van der Waals surface area contributed by atoms with E-state index in [2.05, 4.69) is 47.0 Å². The van der Waals surface area contributed by atoms with Crippen LogP contribution in [-0.2, 0) is 0 Å². The molecule has 174 valence electrons. The largest absolute Gasteiger partial charge is 0.474 e. The van der Waals surface area contributed by atoms with E-state index in [9.17, 15) is 5.11 Å². The topological polar surface area (TPSA) is 68.1 Å². The Morgan fingerprint density at radius 3 is 2.70 bits per heavy atom. The fraction of sp³-hybridized carbons (Fsp3) is 0.607. The van der Waals surface area contributed by atoms with Crippen molar-refractivity contribution in [2.75, 3.05) is 0 Å². The molecule has 0 aromatic carbocycles. The Hall–Kier alpha value is -2.27. The Kier molecular flexibility index (Phi) is 5.09. The van der Waals surface area contributed by atoms with Crippen molar-refractivity contribution in [2.45, 2.75) is 71.0 Å². The second-order valence-corrected chi connectivity index (χ2v) is 11.4. The molecule has 0 aliphatic heterocycles. The number of aliphatic hydroxyl groups is 1. The van der Waals surface area contributed by atoms with Gasteiger partial charge >= 0.3 is 0 Å². The lowest BCUT2D eigenvalue weighted by Crippen LogP contribution is -2.59. The number of pyridine rings is 1. The highest BCUT2D eigenvalue weighted by atomic mass is 16.5. The summed E-state index contributed by atoms with van der Waals surface area (Å²) < 4.78 is 6.59. The fourth-order valence-electron chi connectivity index (χ4n) is 8.42. The molecule has 3 fully saturated rings. The van der Waals surface area contributed by atoms with Crippen molar-refractivity contribution in [1.29, 1.82) is 0 Å². The molecule has 0 unspecified atom stereocenters. The maximum atomic E-state index is 10.6. The highest BCUT2D eigenvalue weighted by Crippen LogP contribution is 2.67. The maximum absolute atomic E-state index is 10.6. The Morgan fingerprint density at radius 2 is 1.91 bits per heavy atom. The Morgan fingerprint density at radius 1 is 1.00 bits per heavy atom. The van der Waals surface area contributed by atoms with Crippen molar-refractivity contribution < 1.29 is 9.84 Å². The van der Waals surface area contributed by atoms with Gasteiger partial charge in [0.2, 0.25) is 5.88 Å². The fourth-order valence-corrected chi connectivity index (χ4v) is 8.42. The van der Waals surface area contributed by atoms with Crippen molar-refractivity contribution in [3.8, 4) is 5.88 Å². The molecule has 2 aromatic rings. The second-order valence-electron chi connectivity index (χ2n) is 11.4. The van der Waals surface area contributed by atoms with Gasteiger partial charge in [0.25, 0.3) is 0 Å². The number of ether oxygens (including phenoxy) is 1. The summed E-state index contributed by atoms with van der Waals surface area (Å²) in [5, 5.41) is 10.6. The van der Waals surface area contributed by atoms with E-state index in [1.165, 1.54) is 24.0 Å². The van der Waals surface area contributed by atoms with Crippen LogP contribution in [0, 0.1) is 34.5 Å². The molecule has 5 nitrogen and oxygen atoms in total. The average Bonchev–Trinajstić information content (AvgIpc) is 3.19. The number of hydrogen-bond acceptors (Lipinski definition) is 5. The third-order valence-electron chi connectivity index (χ3n) is 10.0. The molecule has 6 rings (SSSR count). The van der Waals surface area contributed by atoms with Crippen molar-refractivity contribution in [3.63, 3.8) is 0 Å². The average molecular weight is 446 g/mol. The van der Waals surface area contributed by atoms with E-state index in [0.717, 1.165) is 32.1 Å². The standard InChI is InChI=1S/C28H35N3O2/c1-27-11-8-23-20(22(27)6-5-21(27)18-4-3-12-29-16-18)15-25(33-26-9-13-30-17-31-26)24-14-19(32)7-10-28(23,24)2/h3-5,9,12-13,16-17,19-20,22-25,32H,6-8,10-11,14-15H2,1-2H3/t19-,20-,22-,23-,24+,25+,27+,28+/m0/s1. The Bertz CT molecular complexity index is 1030. The molecule has 0 amide bonds. The molecule has 2 aromatic heterocycles. The smallest absolute Gasteiger partial charge is 0.216 e. The van der Waals surface area contributed by atoms with E-state index in [0.29, 0.717) is 29.6 Å². The van der Waals surface area contributed by atoms with Gasteiger partial charge in [0.1, 0.15) is 12.4 Å². The van der Waals surface area contributed by atoms with E-state index in [1.54, 1.807) is 12.5 Å². The summed E-state index contributed by atoms with van der Waals surface area (Å²) in [4.78, 5) is 12.8. The van der Waals surface area contributed by atoms with Gasteiger partial charge in [-0.2, -0.15) is 0 Å². The van der Waals surface area contributed by atoms with Gasteiger partial charge in [-0.1, -0.05) is 26.0 Å². The monoisotopic (exact) mass is 445 g/mol. The Balaban J connectivity index is 1.34. The first-order chi connectivity index (χ1) is 16.0. The third kappa shape index (κ3) is 3.34. The number of aromatic nitrogens is 3. The molecule has 4 aliphatic rings. The van der Waals surface area contributed by atoms with E-state index < -0.39 is 0 Å². The van der Waals surface area contributed by atoms with Gasteiger partial charge in [0, 0.05) is 30.6 Å². The molecule has 2 heterocycles. The van der Waals surface area contributed by atoms with Gasteiger partial charge in [-0.05, 0) is 90.7 Å². The van der Waals surface area contributed by atoms with Crippen LogP contribution < -0.4 is 4.74 Å². The van der Waals surface area contributed by atoms with Crippen LogP contribution in [0.3, 0.4) is 0 Å². The lowest BCUT2D eigenvalue weighted by molar-refractivity contribution is -0.157. The summed E-state index contributed by atoms with van der Waals surface area (Å²) in [6, 6.07) is 6.15. The van der Waals surface area contributed by atoms with E-state index in [-0.39, 0.29) is 23.0 Å². The zero-order valence-corrected chi connectivity index (χ0v) is 19.7. The Labute approximate surface area is 196 Å². The van der Waals surface area contributed by atoms with Gasteiger partial charge < -0.3 is 9.84 Å². The zero-order valence-electron chi connectivity index (χ0n) is 19.7. The van der Waals surface area contributed by atoms with Gasteiger partial charge in [-0.3, -0.25) is 4.98 Å². The van der Waals surface area contributed by atoms with Crippen LogP contribution in [0.15, 0.2) is 49.2 Å². The molecule has 1 N–H and O–H groups in total. The number of rotatable bonds is 3. The zero-order chi connectivity index (χ0) is 22.6. The van der Waals surface area contributed by atoms with E-state index >= 15 is 0 Å². The van der Waals surface area contributed by atoms with Gasteiger partial charge in [-0.25, -0.2) is 9.97 Å². The summed E-state index contributed by atoms with van der Waals surface area (Å²) in [5.74, 6) is 2.98. The summed E-state index contributed by atoms with van der Waals surface area (Å²) in [6.07, 6.45) is 17.1. The normalized spacial score (nSPS) is 42.0. The maximum Gasteiger partial charge on any atom is 0.216 e. The minimum atomic E-state index is -0.213. The number of nitrogens with zero attached hydrogens (tertiary/aromatic N) is 3. The van der Waals surface area contributed by atoms with Crippen molar-refractivity contribution in [3.05, 3.63) is 54.8 Å². The van der Waals surface area contributed by atoms with E-state index in [1.807, 2.05) is 18.5 Å². The molecule has 5 heteroatoms. The van der Waals surface area contributed by atoms with Crippen LogP contribution >= 0.6 is 0 Å². The van der Waals surface area contributed by atoms with Gasteiger partial charge in [0.15, 0.2) is 0 Å². The summed E-state index contributed by atoms with van der Waals surface area (Å²) in [5.41, 5.74) is 3.19. The first-order valence-corrected chi connectivity index (χ1v) is 12.7. The highest BCUT2D eigenvalue weighted by Gasteiger charge is 2.61. The highest BCUT2D eigenvalue weighted by molar-refractivity contribution is 5.72. The first kappa shape index (κ1) is 21.3. The third-order valence-corrected chi connectivity index (χ3v) is 10.0. The molecule has 0 bridgehead atoms. The van der Waals surface area contributed by atoms with Crippen LogP contribution in [-0.4, -0.2) is 32.3 Å². The first-order valence-electron chi connectivity index (χ1n) is 12.7. The van der Waals surface area contributed by atoms with E-state index in [4.69, 9.17) is 4.74 Å². The quantitative estimate of drug-likeness (QED) is 0.692. The summed E-state index contributed by atoms with van der Waals surface area (Å²) >= 11 is 0. The van der Waals surface area contributed by atoms with Crippen LogP contribution in [0.1, 0.15) is 64.4 Å². The number of fused-ring (bicyclic) bond motifs is 5. The number of aliphatic hydroxyl groups excluding tert-OH is 1. The van der Waals surface area contributed by atoms with Gasteiger partial charge in [0.05, 0.1) is 6.10 Å². The number of allylic oxidation sites excluding steroid dienone is 2. The summed E-state index contributed by atoms with van der Waals surface area (Å²) in [7, 11) is 0. The molecular formula is C28H35N3O2. The van der Waals surface area contributed by atoms with Crippen molar-refractivity contribution in [2.24, 2.45) is 34.5 Å². The van der Waals surface area contributed by atoms with Crippen LogP contribution in [0.2, 0.25) is 0 Å². The molecule has 4 aliphatic carbocycles. The summed E-state index contributed by atoms with van der Waals surface area (Å²) in [6.45, 7) is 5.00. The molecule has 3 saturated carbocycles. The van der Waals surface area contributed by atoms with Crippen molar-refractivity contribution >= 4 is 5.57 Å². The van der Waals surface area contributed by atoms with Crippen LogP contribution in [0.5, 0.6) is 5.88 Å². The van der Waals surface area contributed by atoms with Crippen molar-refractivity contribution in [1.82, 2.24) is 15.0 Å². The van der Waals surface area contributed by atoms with Crippen LogP contribution in [0.25, 0.3) is 5.57 Å². The lowest BCUT2D eigenvalue weighted by Gasteiger charge is -2.62. The molecule has 33 heavy (non-hydrogen) atoms. The second kappa shape index (κ2) is 7.90. The lowest BCUT2D eigenvalue weighted by atomic mass is 9.44. The number of hydrogen-bond donors (Lipinski definition) is 1. The van der Waals surface area contributed by atoms with Gasteiger partial charge in [-0.15, -0.1) is 0 Å². The minimum absolute atomic E-state index is 0.0888. The molecule has 0 spiro atoms. The predicted molar refractivity (Wildman–Crippen MR) is 127 cm³/mol. The molecule has 8 atom stereocenters. The molecule has 0 saturated heterocycles. The predicted octanol–water partition coefficient (Wildman–Crippen LogP) is 5.33. The van der Waals surface area contributed by atoms with Crippen LogP contribution in [0.4, 0.5) is 0 Å². The molecular weight excluding hydrogens is 410 g/mol. The minimum Gasteiger partial charge on any atom is -0.474 e. The SMILES string of the molecule is C[C@]12CC[C@H](O)C[C@@H]1[C@H](Oc1ccncn1)C[C@@H]1[C@@H]2CC[C@]2(C)C(c3cccnc3)=CC[C@@H]12.